The highest BCUT2D eigenvalue weighted by Crippen LogP contribution is 2.22. The van der Waals surface area contributed by atoms with Crippen molar-refractivity contribution in [3.05, 3.63) is 71.3 Å². The minimum Gasteiger partial charge on any atom is -0.0622 e. The Balaban J connectivity index is 2.40. The molecule has 0 aliphatic carbocycles. The zero-order chi connectivity index (χ0) is 12.1. The van der Waals surface area contributed by atoms with E-state index in [1.54, 1.807) is 0 Å². The second-order valence-corrected chi connectivity index (χ2v) is 4.25. The van der Waals surface area contributed by atoms with Crippen LogP contribution < -0.4 is 0 Å². The summed E-state index contributed by atoms with van der Waals surface area (Å²) in [4.78, 5) is 0. The van der Waals surface area contributed by atoms with Gasteiger partial charge in [0, 0.05) is 0 Å². The Morgan fingerprint density at radius 1 is 0.941 bits per heavy atom. The van der Waals surface area contributed by atoms with Crippen LogP contribution in [0.15, 0.2) is 54.6 Å². The molecule has 0 aliphatic rings. The lowest BCUT2D eigenvalue weighted by atomic mass is 9.99. The number of aryl methyl sites for hydroxylation is 1. The van der Waals surface area contributed by atoms with Crippen LogP contribution >= 0.6 is 0 Å². The van der Waals surface area contributed by atoms with Gasteiger partial charge in [-0.15, -0.1) is 0 Å². The van der Waals surface area contributed by atoms with Crippen LogP contribution in [-0.4, -0.2) is 0 Å². The molecule has 0 aromatic heterocycles. The summed E-state index contributed by atoms with van der Waals surface area (Å²) in [6, 6.07) is 19.1. The molecule has 0 radical (unpaired) electrons. The maximum atomic E-state index is 2.30. The maximum Gasteiger partial charge on any atom is -0.0224 e. The summed E-state index contributed by atoms with van der Waals surface area (Å²) in [5, 5.41) is 0. The molecule has 2 rings (SSSR count). The molecule has 0 fully saturated rings. The third-order valence-electron chi connectivity index (χ3n) is 3.04. The van der Waals surface area contributed by atoms with E-state index in [-0.39, 0.29) is 0 Å². The van der Waals surface area contributed by atoms with Crippen molar-refractivity contribution in [1.82, 2.24) is 0 Å². The molecule has 0 nitrogen and oxygen atoms in total. The Hall–Kier alpha value is -1.82. The standard InChI is InChI=1S/C17H18/c1-3-15(16-10-5-4-6-11-16)13-17-12-8-7-9-14(17)2/h4-13H,3H2,1-2H3/b15-13+. The molecule has 2 aromatic rings. The van der Waals surface area contributed by atoms with E-state index < -0.39 is 0 Å². The lowest BCUT2D eigenvalue weighted by Gasteiger charge is -2.06. The normalized spacial score (nSPS) is 11.5. The first-order chi connectivity index (χ1) is 8.31. The summed E-state index contributed by atoms with van der Waals surface area (Å²) in [6.07, 6.45) is 3.35. The van der Waals surface area contributed by atoms with Crippen molar-refractivity contribution in [2.45, 2.75) is 20.3 Å². The minimum atomic E-state index is 1.05. The second-order valence-electron chi connectivity index (χ2n) is 4.25. The predicted molar refractivity (Wildman–Crippen MR) is 75.8 cm³/mol. The SMILES string of the molecule is CC/C(=C\c1ccccc1C)c1ccccc1. The third-order valence-corrected chi connectivity index (χ3v) is 3.04. The van der Waals surface area contributed by atoms with Crippen molar-refractivity contribution in [1.29, 1.82) is 0 Å². The minimum absolute atomic E-state index is 1.05. The summed E-state index contributed by atoms with van der Waals surface area (Å²) in [5.74, 6) is 0. The molecule has 0 amide bonds. The van der Waals surface area contributed by atoms with Gasteiger partial charge in [0.2, 0.25) is 0 Å². The largest absolute Gasteiger partial charge is 0.0622 e. The molecular weight excluding hydrogens is 204 g/mol. The molecule has 0 atom stereocenters. The van der Waals surface area contributed by atoms with Gasteiger partial charge in [0.1, 0.15) is 0 Å². The highest BCUT2D eigenvalue weighted by molar-refractivity contribution is 5.82. The first-order valence-corrected chi connectivity index (χ1v) is 6.13. The molecule has 0 bridgehead atoms. The van der Waals surface area contributed by atoms with E-state index in [1.807, 2.05) is 0 Å². The smallest absolute Gasteiger partial charge is 0.0224 e. The third kappa shape index (κ3) is 2.85. The lowest BCUT2D eigenvalue weighted by molar-refractivity contribution is 1.24. The van der Waals surface area contributed by atoms with Gasteiger partial charge >= 0.3 is 0 Å². The molecule has 0 spiro atoms. The maximum absolute atomic E-state index is 2.30. The Labute approximate surface area is 104 Å². The lowest BCUT2D eigenvalue weighted by Crippen LogP contribution is -1.85. The van der Waals surface area contributed by atoms with Crippen molar-refractivity contribution in [2.24, 2.45) is 0 Å². The number of hydrogen-bond acceptors (Lipinski definition) is 0. The molecule has 0 heteroatoms. The summed E-state index contributed by atoms with van der Waals surface area (Å²) >= 11 is 0. The molecule has 0 N–H and O–H groups in total. The first-order valence-electron chi connectivity index (χ1n) is 6.13. The van der Waals surface area contributed by atoms with Crippen molar-refractivity contribution in [3.63, 3.8) is 0 Å². The van der Waals surface area contributed by atoms with E-state index in [1.165, 1.54) is 22.3 Å². The van der Waals surface area contributed by atoms with E-state index in [0.717, 1.165) is 6.42 Å². The fraction of sp³-hybridized carbons (Fsp3) is 0.176. The van der Waals surface area contributed by atoms with Crippen molar-refractivity contribution < 1.29 is 0 Å². The van der Waals surface area contributed by atoms with Gasteiger partial charge in [0.25, 0.3) is 0 Å². The fourth-order valence-corrected chi connectivity index (χ4v) is 1.98. The quantitative estimate of drug-likeness (QED) is 0.645. The summed E-state index contributed by atoms with van der Waals surface area (Å²) in [6.45, 7) is 4.36. The zero-order valence-electron chi connectivity index (χ0n) is 10.5. The van der Waals surface area contributed by atoms with E-state index in [2.05, 4.69) is 74.5 Å². The van der Waals surface area contributed by atoms with Gasteiger partial charge in [-0.25, -0.2) is 0 Å². The van der Waals surface area contributed by atoms with Gasteiger partial charge in [0.15, 0.2) is 0 Å². The second kappa shape index (κ2) is 5.49. The Bertz CT molecular complexity index is 507. The van der Waals surface area contributed by atoms with E-state index in [4.69, 9.17) is 0 Å². The number of hydrogen-bond donors (Lipinski definition) is 0. The molecule has 86 valence electrons. The summed E-state index contributed by atoms with van der Waals surface area (Å²) in [7, 11) is 0. The van der Waals surface area contributed by atoms with Crippen LogP contribution in [0.5, 0.6) is 0 Å². The average molecular weight is 222 g/mol. The van der Waals surface area contributed by atoms with Crippen LogP contribution in [0.1, 0.15) is 30.0 Å². The summed E-state index contributed by atoms with van der Waals surface area (Å²) < 4.78 is 0. The van der Waals surface area contributed by atoms with E-state index in [0.29, 0.717) is 0 Å². The van der Waals surface area contributed by atoms with Crippen LogP contribution in [0.25, 0.3) is 11.6 Å². The summed E-state index contributed by atoms with van der Waals surface area (Å²) in [5.41, 5.74) is 5.35. The topological polar surface area (TPSA) is 0 Å². The highest BCUT2D eigenvalue weighted by Gasteiger charge is 2.00. The molecule has 17 heavy (non-hydrogen) atoms. The number of rotatable bonds is 3. The van der Waals surface area contributed by atoms with Crippen molar-refractivity contribution in [3.8, 4) is 0 Å². The van der Waals surface area contributed by atoms with Gasteiger partial charge in [0.05, 0.1) is 0 Å². The molecule has 2 aromatic carbocycles. The Morgan fingerprint density at radius 2 is 1.59 bits per heavy atom. The van der Waals surface area contributed by atoms with Gasteiger partial charge in [-0.1, -0.05) is 67.6 Å². The molecule has 0 heterocycles. The fourth-order valence-electron chi connectivity index (χ4n) is 1.98. The van der Waals surface area contributed by atoms with Crippen molar-refractivity contribution in [2.75, 3.05) is 0 Å². The molecule has 0 aliphatic heterocycles. The van der Waals surface area contributed by atoms with Gasteiger partial charge in [-0.3, -0.25) is 0 Å². The van der Waals surface area contributed by atoms with Crippen LogP contribution in [0.3, 0.4) is 0 Å². The molecular formula is C17H18. The monoisotopic (exact) mass is 222 g/mol. The highest BCUT2D eigenvalue weighted by atomic mass is 14.0. The Morgan fingerprint density at radius 3 is 2.24 bits per heavy atom. The average Bonchev–Trinajstić information content (AvgIpc) is 2.39. The van der Waals surface area contributed by atoms with Gasteiger partial charge in [-0.2, -0.15) is 0 Å². The van der Waals surface area contributed by atoms with Gasteiger partial charge < -0.3 is 0 Å². The zero-order valence-corrected chi connectivity index (χ0v) is 10.5. The number of benzene rings is 2. The first kappa shape index (κ1) is 11.7. The van der Waals surface area contributed by atoms with Crippen LogP contribution in [-0.2, 0) is 0 Å². The molecule has 0 saturated heterocycles. The van der Waals surface area contributed by atoms with E-state index in [9.17, 15) is 0 Å². The van der Waals surface area contributed by atoms with Crippen LogP contribution in [0.4, 0.5) is 0 Å². The van der Waals surface area contributed by atoms with Crippen molar-refractivity contribution >= 4 is 11.6 Å². The van der Waals surface area contributed by atoms with E-state index >= 15 is 0 Å². The molecule has 0 saturated carbocycles. The Kier molecular flexibility index (Phi) is 3.77. The molecule has 0 unspecified atom stereocenters. The van der Waals surface area contributed by atoms with Crippen LogP contribution in [0, 0.1) is 6.92 Å². The van der Waals surface area contributed by atoms with Gasteiger partial charge in [-0.05, 0) is 35.6 Å². The predicted octanol–water partition coefficient (Wildman–Crippen LogP) is 4.95. The van der Waals surface area contributed by atoms with Crippen LogP contribution in [0.2, 0.25) is 0 Å². The number of allylic oxidation sites excluding steroid dienone is 1.